The molecular weight excluding hydrogens is 943 g/mol. The smallest absolute Gasteiger partial charge is 0.329 e. The van der Waals surface area contributed by atoms with Crippen LogP contribution in [0.25, 0.3) is 0 Å². The van der Waals surface area contributed by atoms with E-state index < -0.39 is 120 Å². The lowest BCUT2D eigenvalue weighted by Gasteiger charge is -2.42. The Bertz CT molecular complexity index is 2010. The number of nitrogens with zero attached hydrogens (tertiary/aromatic N) is 1. The molecule has 2 bridgehead atoms. The van der Waals surface area contributed by atoms with Crippen LogP contribution in [0.5, 0.6) is 0 Å². The summed E-state index contributed by atoms with van der Waals surface area (Å²) >= 11 is 0. The average Bonchev–Trinajstić information content (AvgIpc) is 3.37. The topological polar surface area (TPSA) is 242 Å². The molecule has 15 atom stereocenters. The summed E-state index contributed by atoms with van der Waals surface area (Å²) in [5.74, 6) is -9.36. The van der Waals surface area contributed by atoms with E-state index >= 15 is 0 Å². The van der Waals surface area contributed by atoms with Gasteiger partial charge in [-0.2, -0.15) is 0 Å². The van der Waals surface area contributed by atoms with Crippen LogP contribution >= 0.6 is 0 Å². The van der Waals surface area contributed by atoms with E-state index in [0.717, 1.165) is 10.5 Å². The van der Waals surface area contributed by atoms with Crippen LogP contribution in [0.3, 0.4) is 0 Å². The molecule has 0 spiro atoms. The van der Waals surface area contributed by atoms with Crippen LogP contribution in [0.15, 0.2) is 47.6 Å². The standard InChI is InChI=1S/C56H87NO16/c1-33-17-13-12-14-18-34(2)45(68-9)29-41-22-20-39(7)56(67,73-41)51(63)52(64)57-24-16-15-19-42(57)53(65)71-46(30-43(60)35(3)26-38(6)49(62)50(70-11)48(61)37(5)25-33)36(4)27-40-21-23-44(47(28-40)69-10)72-54(66)55(8,31-58)32-59/h12-14,17-18,26,33,35-37,39-42,44-47,49-50,58-59,62,67H,15-16,19-25,27-32H2,1-11H3/b14-12+,17-13+,34-18+,38-26+/t33-,35-,36?,37-,39-,40?,41+,42+,44-,45+,46+,47-,49-,50+,56-/m1/s1. The second-order valence-electron chi connectivity index (χ2n) is 21.8. The molecule has 2 unspecified atom stereocenters. The Morgan fingerprint density at radius 2 is 1.56 bits per heavy atom. The molecule has 3 heterocycles. The zero-order valence-corrected chi connectivity index (χ0v) is 45.3. The first kappa shape index (κ1) is 61.6. The summed E-state index contributed by atoms with van der Waals surface area (Å²) in [6.45, 7) is 12.7. The highest BCUT2D eigenvalue weighted by molar-refractivity contribution is 6.39. The van der Waals surface area contributed by atoms with E-state index in [-0.39, 0.29) is 42.8 Å². The van der Waals surface area contributed by atoms with Gasteiger partial charge in [0, 0.05) is 58.5 Å². The number of cyclic esters (lactones) is 1. The number of esters is 2. The highest BCUT2D eigenvalue weighted by atomic mass is 16.6. The summed E-state index contributed by atoms with van der Waals surface area (Å²) in [6.07, 6.45) is 9.76. The first-order chi connectivity index (χ1) is 34.5. The van der Waals surface area contributed by atoms with Gasteiger partial charge in [-0.1, -0.05) is 71.1 Å². The van der Waals surface area contributed by atoms with Gasteiger partial charge < -0.3 is 53.7 Å². The Kier molecular flexibility index (Phi) is 23.9. The van der Waals surface area contributed by atoms with Crippen LogP contribution in [0.2, 0.25) is 0 Å². The molecule has 17 heteroatoms. The van der Waals surface area contributed by atoms with Crippen LogP contribution < -0.4 is 0 Å². The second-order valence-corrected chi connectivity index (χ2v) is 21.8. The number of carbonyl (C=O) groups is 6. The number of piperidine rings is 1. The van der Waals surface area contributed by atoms with E-state index in [1.165, 1.54) is 21.1 Å². The minimum absolute atomic E-state index is 0.00697. The molecule has 0 aromatic heterocycles. The number of carbonyl (C=O) groups excluding carboxylic acids is 6. The molecule has 4 aliphatic rings. The third-order valence-corrected chi connectivity index (χ3v) is 15.9. The molecule has 17 nitrogen and oxygen atoms in total. The number of ketones is 3. The summed E-state index contributed by atoms with van der Waals surface area (Å²) in [4.78, 5) is 85.4. The van der Waals surface area contributed by atoms with Gasteiger partial charge in [-0.05, 0) is 114 Å². The third kappa shape index (κ3) is 16.0. The van der Waals surface area contributed by atoms with Crippen LogP contribution in [0.1, 0.15) is 132 Å². The van der Waals surface area contributed by atoms with Crippen molar-refractivity contribution in [1.29, 1.82) is 0 Å². The highest BCUT2D eigenvalue weighted by Gasteiger charge is 2.53. The lowest BCUT2D eigenvalue weighted by molar-refractivity contribution is -0.265. The van der Waals surface area contributed by atoms with E-state index in [0.29, 0.717) is 69.8 Å². The number of hydrogen-bond acceptors (Lipinski definition) is 16. The molecule has 3 fully saturated rings. The maximum Gasteiger partial charge on any atom is 0.329 e. The summed E-state index contributed by atoms with van der Waals surface area (Å²) in [5.41, 5.74) is -0.277. The number of rotatable bonds is 10. The Morgan fingerprint density at radius 3 is 2.21 bits per heavy atom. The summed E-state index contributed by atoms with van der Waals surface area (Å²) < 4.78 is 35.4. The molecule has 4 N–H and O–H groups in total. The summed E-state index contributed by atoms with van der Waals surface area (Å²) in [6, 6.07) is -1.20. The molecule has 0 radical (unpaired) electrons. The van der Waals surface area contributed by atoms with Gasteiger partial charge in [0.25, 0.3) is 11.7 Å². The largest absolute Gasteiger partial charge is 0.460 e. The number of fused-ring (bicyclic) bond motifs is 3. The van der Waals surface area contributed by atoms with Gasteiger partial charge >= 0.3 is 11.9 Å². The Balaban J connectivity index is 1.69. The van der Waals surface area contributed by atoms with Crippen molar-refractivity contribution in [3.63, 3.8) is 0 Å². The zero-order valence-electron chi connectivity index (χ0n) is 45.3. The van der Waals surface area contributed by atoms with Crippen molar-refractivity contribution in [2.75, 3.05) is 41.1 Å². The Labute approximate surface area is 433 Å². The quantitative estimate of drug-likeness (QED) is 0.116. The second kappa shape index (κ2) is 28.3. The number of aliphatic hydroxyl groups is 4. The molecule has 73 heavy (non-hydrogen) atoms. The van der Waals surface area contributed by atoms with E-state index in [1.54, 1.807) is 40.9 Å². The van der Waals surface area contributed by atoms with Gasteiger partial charge in [0.05, 0.1) is 31.5 Å². The number of ether oxygens (including phenoxy) is 6. The van der Waals surface area contributed by atoms with Gasteiger partial charge in [0.15, 0.2) is 5.78 Å². The fourth-order valence-corrected chi connectivity index (χ4v) is 10.7. The molecule has 412 valence electrons. The van der Waals surface area contributed by atoms with Crippen molar-refractivity contribution < 1.29 is 77.6 Å². The van der Waals surface area contributed by atoms with Crippen molar-refractivity contribution >= 4 is 35.2 Å². The number of allylic oxidation sites excluding steroid dienone is 6. The lowest BCUT2D eigenvalue weighted by Crippen LogP contribution is -2.61. The number of hydrogen-bond donors (Lipinski definition) is 4. The van der Waals surface area contributed by atoms with Gasteiger partial charge in [-0.15, -0.1) is 0 Å². The van der Waals surface area contributed by atoms with Gasteiger partial charge in [0.2, 0.25) is 5.79 Å². The van der Waals surface area contributed by atoms with Crippen LogP contribution in [0.4, 0.5) is 0 Å². The van der Waals surface area contributed by atoms with Crippen molar-refractivity contribution in [1.82, 2.24) is 4.90 Å². The normalized spacial score (nSPS) is 37.4. The van der Waals surface area contributed by atoms with E-state index in [9.17, 15) is 49.2 Å². The van der Waals surface area contributed by atoms with Gasteiger partial charge in [0.1, 0.15) is 41.7 Å². The fraction of sp³-hybridized carbons (Fsp3) is 0.750. The molecule has 0 aromatic rings. The number of methoxy groups -OCH3 is 3. The maximum absolute atomic E-state index is 14.5. The van der Waals surface area contributed by atoms with Gasteiger partial charge in [-0.25, -0.2) is 4.79 Å². The van der Waals surface area contributed by atoms with Crippen LogP contribution in [-0.2, 0) is 57.2 Å². The van der Waals surface area contributed by atoms with Crippen LogP contribution in [0, 0.1) is 40.9 Å². The van der Waals surface area contributed by atoms with Crippen molar-refractivity contribution in [2.24, 2.45) is 40.9 Å². The first-order valence-corrected chi connectivity index (χ1v) is 26.4. The average molecular weight is 1030 g/mol. The van der Waals surface area contributed by atoms with Crippen molar-refractivity contribution in [3.05, 3.63) is 47.6 Å². The molecule has 0 aromatic carbocycles. The third-order valence-electron chi connectivity index (χ3n) is 15.9. The number of aliphatic hydroxyl groups excluding tert-OH is 3. The van der Waals surface area contributed by atoms with Crippen molar-refractivity contribution in [3.8, 4) is 0 Å². The predicted molar refractivity (Wildman–Crippen MR) is 271 cm³/mol. The Hall–Kier alpha value is -3.94. The minimum Gasteiger partial charge on any atom is -0.460 e. The molecule has 1 saturated carbocycles. The summed E-state index contributed by atoms with van der Waals surface area (Å²) in [7, 11) is 4.43. The van der Waals surface area contributed by atoms with E-state index in [4.69, 9.17) is 28.4 Å². The molecule has 4 rings (SSSR count). The minimum atomic E-state index is -2.47. The Morgan fingerprint density at radius 1 is 0.863 bits per heavy atom. The van der Waals surface area contributed by atoms with E-state index in [2.05, 4.69) is 0 Å². The SMILES string of the molecule is CO[C@H]1C[C@@H]2CC[C@@H](C)[C@@](O)(O2)C(=O)C(=O)N2CCCC[C@H]2C(=O)O[C@H](C(C)CC2CC[C@@H](OC(=O)C(C)(CO)CO)[C@H](OC)C2)CC(=O)[C@H](C)/C=C(\C)[C@@H](O)[C@@H](OC)C(=O)[C@H](C)C[C@H](C)/C=C/C=C/C=C/1C. The molecular formula is C56H87NO16. The van der Waals surface area contributed by atoms with Crippen LogP contribution in [-0.4, -0.2) is 156 Å². The number of amides is 1. The van der Waals surface area contributed by atoms with E-state index in [1.807, 2.05) is 51.2 Å². The van der Waals surface area contributed by atoms with Crippen molar-refractivity contribution in [2.45, 2.75) is 187 Å². The fourth-order valence-electron chi connectivity index (χ4n) is 10.7. The molecule has 2 saturated heterocycles. The van der Waals surface area contributed by atoms with Gasteiger partial charge in [-0.3, -0.25) is 24.0 Å². The molecule has 1 aliphatic carbocycles. The molecule has 3 aliphatic heterocycles. The zero-order chi connectivity index (χ0) is 54.4. The lowest BCUT2D eigenvalue weighted by atomic mass is 9.78. The molecule has 1 amide bonds. The highest BCUT2D eigenvalue weighted by Crippen LogP contribution is 2.38. The summed E-state index contributed by atoms with van der Waals surface area (Å²) in [5, 5.41) is 43.1. The monoisotopic (exact) mass is 1030 g/mol. The maximum atomic E-state index is 14.5. The number of Topliss-reactive ketones (excluding diaryl/α,β-unsaturated/α-hetero) is 3. The first-order valence-electron chi connectivity index (χ1n) is 26.4. The predicted octanol–water partition coefficient (Wildman–Crippen LogP) is 5.72.